The minimum atomic E-state index is -0.874. The molecule has 0 bridgehead atoms. The third-order valence-electron chi connectivity index (χ3n) is 3.26. The maximum absolute atomic E-state index is 10.3. The summed E-state index contributed by atoms with van der Waals surface area (Å²) in [5, 5.41) is 8.44. The van der Waals surface area contributed by atoms with E-state index in [1.165, 1.54) is 32.2 Å². The van der Waals surface area contributed by atoms with Gasteiger partial charge in [0.05, 0.1) is 6.61 Å². The minimum Gasteiger partial charge on any atom is -0.480 e. The molecular weight excluding hydrogens is 182 g/mol. The summed E-state index contributed by atoms with van der Waals surface area (Å²) in [5.74, 6) is -0.874. The van der Waals surface area contributed by atoms with Gasteiger partial charge >= 0.3 is 5.97 Å². The quantitative estimate of drug-likeness (QED) is 0.724. The van der Waals surface area contributed by atoms with Crippen molar-refractivity contribution < 1.29 is 14.6 Å². The Labute approximate surface area is 83.8 Å². The van der Waals surface area contributed by atoms with E-state index in [1.807, 2.05) is 0 Å². The van der Waals surface area contributed by atoms with Crippen LogP contribution >= 0.6 is 0 Å². The van der Waals surface area contributed by atoms with Crippen LogP contribution in [0.1, 0.15) is 25.7 Å². The van der Waals surface area contributed by atoms with Gasteiger partial charge in [0.2, 0.25) is 0 Å². The molecule has 2 heterocycles. The fraction of sp³-hybridized carbons (Fsp3) is 0.900. The molecule has 0 aromatic heterocycles. The van der Waals surface area contributed by atoms with Gasteiger partial charge in [0.1, 0.15) is 6.61 Å². The van der Waals surface area contributed by atoms with Crippen LogP contribution in [-0.2, 0) is 9.53 Å². The number of ether oxygens (including phenoxy) is 1. The van der Waals surface area contributed by atoms with Crippen molar-refractivity contribution in [1.29, 1.82) is 0 Å². The standard InChI is InChI=1S/C10H17NO3/c12-10(13)7-14-6-9-4-3-8-2-1-5-11(8)9/h8-9H,1-7H2,(H,12,13). The molecule has 2 saturated heterocycles. The summed E-state index contributed by atoms with van der Waals surface area (Å²) in [5.41, 5.74) is 0. The highest BCUT2D eigenvalue weighted by atomic mass is 16.5. The Morgan fingerprint density at radius 2 is 2.29 bits per heavy atom. The Bertz CT molecular complexity index is 219. The van der Waals surface area contributed by atoms with E-state index in [9.17, 15) is 4.79 Å². The molecule has 2 fully saturated rings. The second-order valence-corrected chi connectivity index (χ2v) is 4.17. The number of carbonyl (C=O) groups is 1. The number of carboxylic acids is 1. The van der Waals surface area contributed by atoms with E-state index >= 15 is 0 Å². The minimum absolute atomic E-state index is 0.158. The molecule has 0 aromatic rings. The Morgan fingerprint density at radius 1 is 1.43 bits per heavy atom. The lowest BCUT2D eigenvalue weighted by atomic mass is 10.1. The van der Waals surface area contributed by atoms with Gasteiger partial charge in [0, 0.05) is 12.1 Å². The Kier molecular flexibility index (Phi) is 3.03. The van der Waals surface area contributed by atoms with Gasteiger partial charge in [-0.05, 0) is 32.2 Å². The maximum Gasteiger partial charge on any atom is 0.329 e. The van der Waals surface area contributed by atoms with Crippen LogP contribution in [0.2, 0.25) is 0 Å². The summed E-state index contributed by atoms with van der Waals surface area (Å²) in [4.78, 5) is 12.8. The fourth-order valence-corrected chi connectivity index (χ4v) is 2.66. The number of fused-ring (bicyclic) bond motifs is 1. The van der Waals surface area contributed by atoms with E-state index in [-0.39, 0.29) is 6.61 Å². The topological polar surface area (TPSA) is 49.8 Å². The summed E-state index contributed by atoms with van der Waals surface area (Å²) in [7, 11) is 0. The van der Waals surface area contributed by atoms with Gasteiger partial charge in [-0.25, -0.2) is 4.79 Å². The second-order valence-electron chi connectivity index (χ2n) is 4.17. The molecular formula is C10H17NO3. The van der Waals surface area contributed by atoms with Crippen LogP contribution in [0.4, 0.5) is 0 Å². The highest BCUT2D eigenvalue weighted by molar-refractivity contribution is 5.67. The predicted molar refractivity (Wildman–Crippen MR) is 51.2 cm³/mol. The number of carboxylic acid groups (broad SMARTS) is 1. The van der Waals surface area contributed by atoms with Gasteiger partial charge in [0.15, 0.2) is 0 Å². The summed E-state index contributed by atoms with van der Waals surface area (Å²) < 4.78 is 5.15. The Hall–Kier alpha value is -0.610. The van der Waals surface area contributed by atoms with Crippen LogP contribution in [-0.4, -0.2) is 47.8 Å². The zero-order chi connectivity index (χ0) is 9.97. The first-order valence-electron chi connectivity index (χ1n) is 5.32. The molecule has 0 amide bonds. The predicted octanol–water partition coefficient (Wildman–Crippen LogP) is 0.714. The smallest absolute Gasteiger partial charge is 0.329 e. The molecule has 0 aliphatic carbocycles. The summed E-state index contributed by atoms with van der Waals surface area (Å²) >= 11 is 0. The second kappa shape index (κ2) is 4.28. The van der Waals surface area contributed by atoms with Crippen LogP contribution in [0, 0.1) is 0 Å². The molecule has 0 spiro atoms. The van der Waals surface area contributed by atoms with Gasteiger partial charge in [-0.2, -0.15) is 0 Å². The molecule has 1 N–H and O–H groups in total. The number of hydrogen-bond acceptors (Lipinski definition) is 3. The zero-order valence-electron chi connectivity index (χ0n) is 8.32. The number of aliphatic carboxylic acids is 1. The van der Waals surface area contributed by atoms with Crippen molar-refractivity contribution in [2.45, 2.75) is 37.8 Å². The van der Waals surface area contributed by atoms with E-state index in [0.717, 1.165) is 6.04 Å². The third kappa shape index (κ3) is 2.07. The van der Waals surface area contributed by atoms with Gasteiger partial charge in [-0.1, -0.05) is 0 Å². The first-order valence-corrected chi connectivity index (χ1v) is 5.32. The van der Waals surface area contributed by atoms with Gasteiger partial charge in [-0.15, -0.1) is 0 Å². The van der Waals surface area contributed by atoms with Crippen LogP contribution in [0.15, 0.2) is 0 Å². The molecule has 0 radical (unpaired) electrons. The summed E-state index contributed by atoms with van der Waals surface area (Å²) in [6.45, 7) is 1.60. The van der Waals surface area contributed by atoms with E-state index < -0.39 is 5.97 Å². The molecule has 0 saturated carbocycles. The fourth-order valence-electron chi connectivity index (χ4n) is 2.66. The average molecular weight is 199 g/mol. The molecule has 2 atom stereocenters. The number of rotatable bonds is 4. The number of hydrogen-bond donors (Lipinski definition) is 1. The zero-order valence-corrected chi connectivity index (χ0v) is 8.32. The molecule has 14 heavy (non-hydrogen) atoms. The Morgan fingerprint density at radius 3 is 3.07 bits per heavy atom. The summed E-state index contributed by atoms with van der Waals surface area (Å²) in [6, 6.07) is 1.23. The number of nitrogens with zero attached hydrogens (tertiary/aromatic N) is 1. The molecule has 2 unspecified atom stereocenters. The lowest BCUT2D eigenvalue weighted by molar-refractivity contribution is -0.142. The van der Waals surface area contributed by atoms with Crippen molar-refractivity contribution in [1.82, 2.24) is 4.90 Å². The van der Waals surface area contributed by atoms with E-state index in [1.54, 1.807) is 0 Å². The van der Waals surface area contributed by atoms with Crippen LogP contribution in [0.5, 0.6) is 0 Å². The molecule has 4 heteroatoms. The van der Waals surface area contributed by atoms with E-state index in [2.05, 4.69) is 4.90 Å². The lowest BCUT2D eigenvalue weighted by Crippen LogP contribution is -2.35. The van der Waals surface area contributed by atoms with Gasteiger partial charge in [0.25, 0.3) is 0 Å². The Balaban J connectivity index is 1.73. The maximum atomic E-state index is 10.3. The van der Waals surface area contributed by atoms with Gasteiger partial charge in [-0.3, -0.25) is 4.90 Å². The van der Waals surface area contributed by atoms with Crippen molar-refractivity contribution in [2.75, 3.05) is 19.8 Å². The normalized spacial score (nSPS) is 32.0. The van der Waals surface area contributed by atoms with Gasteiger partial charge < -0.3 is 9.84 Å². The molecule has 2 rings (SSSR count). The third-order valence-corrected chi connectivity index (χ3v) is 3.26. The SMILES string of the molecule is O=C(O)COCC1CCC2CCCN21. The monoisotopic (exact) mass is 199 g/mol. The molecule has 80 valence electrons. The van der Waals surface area contributed by atoms with E-state index in [0.29, 0.717) is 12.6 Å². The largest absolute Gasteiger partial charge is 0.480 e. The van der Waals surface area contributed by atoms with Crippen molar-refractivity contribution in [3.05, 3.63) is 0 Å². The molecule has 2 aliphatic heterocycles. The average Bonchev–Trinajstić information content (AvgIpc) is 2.67. The molecule has 0 aromatic carbocycles. The first-order chi connectivity index (χ1) is 6.77. The van der Waals surface area contributed by atoms with Crippen LogP contribution in [0.3, 0.4) is 0 Å². The summed E-state index contributed by atoms with van der Waals surface area (Å²) in [6.07, 6.45) is 5.04. The van der Waals surface area contributed by atoms with E-state index in [4.69, 9.17) is 9.84 Å². The highest BCUT2D eigenvalue weighted by Crippen LogP contribution is 2.32. The lowest BCUT2D eigenvalue weighted by Gasteiger charge is -2.23. The molecule has 2 aliphatic rings. The van der Waals surface area contributed by atoms with Crippen molar-refractivity contribution in [3.63, 3.8) is 0 Å². The first kappa shape index (κ1) is 9.93. The van der Waals surface area contributed by atoms with Crippen LogP contribution < -0.4 is 0 Å². The van der Waals surface area contributed by atoms with Crippen molar-refractivity contribution >= 4 is 5.97 Å². The van der Waals surface area contributed by atoms with Crippen molar-refractivity contribution in [3.8, 4) is 0 Å². The molecule has 4 nitrogen and oxygen atoms in total. The highest BCUT2D eigenvalue weighted by Gasteiger charge is 2.36. The van der Waals surface area contributed by atoms with Crippen molar-refractivity contribution in [2.24, 2.45) is 0 Å². The van der Waals surface area contributed by atoms with Crippen LogP contribution in [0.25, 0.3) is 0 Å².